The number of aromatic nitrogens is 1. The zero-order chi connectivity index (χ0) is 17.9. The summed E-state index contributed by atoms with van der Waals surface area (Å²) in [6.07, 6.45) is -0.564. The van der Waals surface area contributed by atoms with E-state index >= 15 is 0 Å². The highest BCUT2D eigenvalue weighted by Gasteiger charge is 2.50. The number of hydrogen-bond donors (Lipinski definition) is 2. The number of rotatable bonds is 2. The number of aliphatic imine (C=N–C) groups is 1. The fourth-order valence-electron chi connectivity index (χ4n) is 3.55. The van der Waals surface area contributed by atoms with Crippen LogP contribution in [0.5, 0.6) is 0 Å². The predicted octanol–water partition coefficient (Wildman–Crippen LogP) is 0.825. The summed E-state index contributed by atoms with van der Waals surface area (Å²) in [5, 5.41) is 1.09. The Balaban J connectivity index is 1.66. The molecule has 1 aromatic carbocycles. The zero-order valence-electron chi connectivity index (χ0n) is 14.4. The van der Waals surface area contributed by atoms with Crippen LogP contribution in [0.1, 0.15) is 11.3 Å². The van der Waals surface area contributed by atoms with Gasteiger partial charge in [0.1, 0.15) is 0 Å². The number of urea groups is 1. The molecule has 8 nitrogen and oxygen atoms in total. The quantitative estimate of drug-likeness (QED) is 0.846. The van der Waals surface area contributed by atoms with Crippen molar-refractivity contribution in [1.29, 1.82) is 0 Å². The number of nitrogens with one attached hydrogen (secondary N) is 1. The Morgan fingerprint density at radius 2 is 2.00 bits per heavy atom. The number of carbonyl (C=O) groups is 2. The number of benzene rings is 1. The summed E-state index contributed by atoms with van der Waals surface area (Å²) in [4.78, 5) is 37.4. The van der Waals surface area contributed by atoms with Gasteiger partial charge in [0.25, 0.3) is 5.91 Å². The average molecular weight is 340 g/mol. The highest BCUT2D eigenvalue weighted by Crippen LogP contribution is 2.27. The van der Waals surface area contributed by atoms with Crippen LogP contribution in [0.15, 0.2) is 29.3 Å². The number of carbonyl (C=O) groups excluding carboxylic acids is 2. The molecule has 1 fully saturated rings. The van der Waals surface area contributed by atoms with Crippen LogP contribution in [0, 0.1) is 6.92 Å². The second-order valence-electron chi connectivity index (χ2n) is 6.61. The molecule has 4 rings (SSSR count). The minimum absolute atomic E-state index is 0.188. The summed E-state index contributed by atoms with van der Waals surface area (Å²) in [5.41, 5.74) is 8.78. The van der Waals surface area contributed by atoms with Crippen molar-refractivity contribution in [2.45, 2.75) is 25.7 Å². The van der Waals surface area contributed by atoms with E-state index < -0.39 is 12.2 Å². The van der Waals surface area contributed by atoms with Crippen LogP contribution in [0.4, 0.5) is 4.79 Å². The smallest absolute Gasteiger partial charge is 0.328 e. The maximum atomic E-state index is 12.9. The van der Waals surface area contributed by atoms with Crippen molar-refractivity contribution in [2.75, 3.05) is 14.1 Å². The minimum atomic E-state index is -0.575. The molecule has 130 valence electrons. The lowest BCUT2D eigenvalue weighted by Crippen LogP contribution is -2.64. The molecule has 3 heterocycles. The lowest BCUT2D eigenvalue weighted by Gasteiger charge is -2.40. The fourth-order valence-corrected chi connectivity index (χ4v) is 3.55. The molecule has 0 bridgehead atoms. The third kappa shape index (κ3) is 2.17. The molecule has 0 spiro atoms. The SMILES string of the molecule is Cc1cccc2[nH]c(CN3C(=O)C4C(N=C(N)N4C)N(C)C3=O)cc12. The largest absolute Gasteiger partial charge is 0.370 e. The molecule has 3 N–H and O–H groups in total. The van der Waals surface area contributed by atoms with Gasteiger partial charge in [-0.3, -0.25) is 9.69 Å². The third-order valence-corrected chi connectivity index (χ3v) is 5.04. The highest BCUT2D eigenvalue weighted by molar-refractivity contribution is 6.03. The second-order valence-corrected chi connectivity index (χ2v) is 6.61. The summed E-state index contributed by atoms with van der Waals surface area (Å²) in [5.74, 6) is -0.0127. The predicted molar refractivity (Wildman–Crippen MR) is 93.7 cm³/mol. The lowest BCUT2D eigenvalue weighted by molar-refractivity contribution is -0.137. The molecule has 2 aliphatic rings. The van der Waals surface area contributed by atoms with E-state index in [1.807, 2.05) is 31.2 Å². The molecule has 0 saturated carbocycles. The molecule has 1 aromatic heterocycles. The first-order valence-electron chi connectivity index (χ1n) is 8.10. The summed E-state index contributed by atoms with van der Waals surface area (Å²) in [6, 6.07) is 7.03. The number of fused-ring (bicyclic) bond motifs is 2. The van der Waals surface area contributed by atoms with E-state index in [1.54, 1.807) is 19.0 Å². The number of imide groups is 1. The number of guanidine groups is 1. The van der Waals surface area contributed by atoms with Crippen molar-refractivity contribution in [1.82, 2.24) is 19.7 Å². The van der Waals surface area contributed by atoms with Crippen molar-refractivity contribution >= 4 is 28.8 Å². The van der Waals surface area contributed by atoms with Gasteiger partial charge < -0.3 is 20.5 Å². The van der Waals surface area contributed by atoms with E-state index in [0.29, 0.717) is 0 Å². The van der Waals surface area contributed by atoms with E-state index in [4.69, 9.17) is 5.73 Å². The summed E-state index contributed by atoms with van der Waals surface area (Å²) >= 11 is 0. The van der Waals surface area contributed by atoms with Crippen molar-refractivity contribution in [3.8, 4) is 0 Å². The number of aryl methyl sites for hydroxylation is 1. The van der Waals surface area contributed by atoms with Gasteiger partial charge in [-0.05, 0) is 24.6 Å². The standard InChI is InChI=1S/C17H20N6O2/c1-9-5-4-6-12-11(9)7-10(19-12)8-23-15(24)13-14(22(3)17(23)25)20-16(18)21(13)2/h4-7,13-14,19H,8H2,1-3H3,(H2,18,20). The number of amides is 3. The molecule has 2 unspecified atom stereocenters. The van der Waals surface area contributed by atoms with Crippen molar-refractivity contribution in [3.05, 3.63) is 35.5 Å². The maximum Gasteiger partial charge on any atom is 0.328 e. The van der Waals surface area contributed by atoms with E-state index in [-0.39, 0.29) is 24.4 Å². The van der Waals surface area contributed by atoms with Crippen molar-refractivity contribution in [2.24, 2.45) is 10.7 Å². The Hall–Kier alpha value is -3.03. The zero-order valence-corrected chi connectivity index (χ0v) is 14.4. The van der Waals surface area contributed by atoms with Crippen molar-refractivity contribution in [3.63, 3.8) is 0 Å². The Kier molecular flexibility index (Phi) is 3.24. The average Bonchev–Trinajstić information content (AvgIpc) is 3.12. The van der Waals surface area contributed by atoms with Crippen LogP contribution >= 0.6 is 0 Å². The molecule has 25 heavy (non-hydrogen) atoms. The molecule has 0 aliphatic carbocycles. The van der Waals surface area contributed by atoms with Crippen LogP contribution in [0.3, 0.4) is 0 Å². The normalized spacial score (nSPS) is 23.5. The van der Waals surface area contributed by atoms with Crippen LogP contribution in [0.2, 0.25) is 0 Å². The topological polar surface area (TPSA) is 98.0 Å². The van der Waals surface area contributed by atoms with Gasteiger partial charge in [-0.25, -0.2) is 9.79 Å². The molecular formula is C17H20N6O2. The van der Waals surface area contributed by atoms with Crippen molar-refractivity contribution < 1.29 is 9.59 Å². The first kappa shape index (κ1) is 15.5. The number of nitrogens with zero attached hydrogens (tertiary/aromatic N) is 4. The Morgan fingerprint density at radius 3 is 2.72 bits per heavy atom. The van der Waals surface area contributed by atoms with Crippen LogP contribution in [0.25, 0.3) is 10.9 Å². The van der Waals surface area contributed by atoms with Gasteiger partial charge in [0.2, 0.25) is 0 Å². The molecular weight excluding hydrogens is 320 g/mol. The monoisotopic (exact) mass is 340 g/mol. The van der Waals surface area contributed by atoms with Crippen LogP contribution < -0.4 is 5.73 Å². The number of aromatic amines is 1. The van der Waals surface area contributed by atoms with Gasteiger partial charge >= 0.3 is 6.03 Å². The summed E-state index contributed by atoms with van der Waals surface area (Å²) in [6.45, 7) is 2.22. The number of nitrogens with two attached hydrogens (primary N) is 1. The molecule has 2 aliphatic heterocycles. The summed E-state index contributed by atoms with van der Waals surface area (Å²) in [7, 11) is 3.36. The van der Waals surface area contributed by atoms with E-state index in [1.165, 1.54) is 9.80 Å². The van der Waals surface area contributed by atoms with E-state index in [2.05, 4.69) is 9.98 Å². The van der Waals surface area contributed by atoms with Gasteiger partial charge in [-0.15, -0.1) is 0 Å². The molecule has 8 heteroatoms. The number of likely N-dealkylation sites (N-methyl/N-ethyl adjacent to an activating group) is 2. The maximum absolute atomic E-state index is 12.9. The first-order valence-corrected chi connectivity index (χ1v) is 8.10. The van der Waals surface area contributed by atoms with Crippen LogP contribution in [-0.2, 0) is 11.3 Å². The van der Waals surface area contributed by atoms with Gasteiger partial charge in [-0.2, -0.15) is 0 Å². The Morgan fingerprint density at radius 1 is 1.24 bits per heavy atom. The minimum Gasteiger partial charge on any atom is -0.370 e. The van der Waals surface area contributed by atoms with Crippen LogP contribution in [-0.4, -0.2) is 63.9 Å². The van der Waals surface area contributed by atoms with Gasteiger partial charge in [0.05, 0.1) is 6.54 Å². The van der Waals surface area contributed by atoms with Gasteiger partial charge in [0.15, 0.2) is 18.2 Å². The molecule has 1 saturated heterocycles. The highest BCUT2D eigenvalue weighted by atomic mass is 16.2. The molecule has 2 atom stereocenters. The van der Waals surface area contributed by atoms with Gasteiger partial charge in [-0.1, -0.05) is 12.1 Å². The van der Waals surface area contributed by atoms with Gasteiger partial charge in [0, 0.05) is 30.7 Å². The number of hydrogen-bond acceptors (Lipinski definition) is 5. The first-order chi connectivity index (χ1) is 11.9. The molecule has 0 radical (unpaired) electrons. The van der Waals surface area contributed by atoms with E-state index in [0.717, 1.165) is 22.2 Å². The Labute approximate surface area is 144 Å². The third-order valence-electron chi connectivity index (χ3n) is 5.04. The summed E-state index contributed by atoms with van der Waals surface area (Å²) < 4.78 is 0. The van der Waals surface area contributed by atoms with E-state index in [9.17, 15) is 9.59 Å². The fraction of sp³-hybridized carbons (Fsp3) is 0.353. The molecule has 3 amide bonds. The Bertz CT molecular complexity index is 917. The molecule has 2 aromatic rings. The lowest BCUT2D eigenvalue weighted by atomic mass is 10.1. The second kappa shape index (κ2) is 5.23. The number of H-pyrrole nitrogens is 1.